The van der Waals surface area contributed by atoms with Crippen molar-refractivity contribution in [3.8, 4) is 0 Å². The second kappa shape index (κ2) is 5.18. The molecule has 13 heavy (non-hydrogen) atoms. The molecule has 1 saturated carbocycles. The number of nitrogens with zero attached hydrogens (tertiary/aromatic N) is 1. The van der Waals surface area contributed by atoms with E-state index in [0.29, 0.717) is 0 Å². The second-order valence-electron chi connectivity index (χ2n) is 4.24. The molecule has 0 spiro atoms. The summed E-state index contributed by atoms with van der Waals surface area (Å²) in [5.74, 6) is 0.938. The molecule has 2 aliphatic rings. The van der Waals surface area contributed by atoms with Gasteiger partial charge in [-0.25, -0.2) is 0 Å². The minimum atomic E-state index is 0. The molecule has 0 aromatic heterocycles. The summed E-state index contributed by atoms with van der Waals surface area (Å²) in [4.78, 5) is 2.61. The number of rotatable bonds is 3. The fraction of sp³-hybridized carbons (Fsp3) is 1.00. The number of likely N-dealkylation sites (tertiary alicyclic amines) is 1. The van der Waals surface area contributed by atoms with E-state index in [9.17, 15) is 0 Å². The van der Waals surface area contributed by atoms with Gasteiger partial charge in [-0.05, 0) is 44.7 Å². The molecule has 1 aliphatic heterocycles. The van der Waals surface area contributed by atoms with Gasteiger partial charge in [0.15, 0.2) is 0 Å². The number of hydrogen-bond acceptors (Lipinski definition) is 2. The van der Waals surface area contributed by atoms with E-state index in [1.807, 2.05) is 0 Å². The van der Waals surface area contributed by atoms with Crippen molar-refractivity contribution in [2.24, 2.45) is 11.7 Å². The van der Waals surface area contributed by atoms with Crippen LogP contribution >= 0.6 is 12.4 Å². The highest BCUT2D eigenvalue weighted by Gasteiger charge is 2.31. The van der Waals surface area contributed by atoms with E-state index >= 15 is 0 Å². The zero-order valence-corrected chi connectivity index (χ0v) is 9.06. The third kappa shape index (κ3) is 2.36. The van der Waals surface area contributed by atoms with Crippen LogP contribution in [0.5, 0.6) is 0 Å². The number of nitrogens with two attached hydrogens (primary N) is 1. The smallest absolute Gasteiger partial charge is 0.0246 e. The molecule has 2 nitrogen and oxygen atoms in total. The minimum Gasteiger partial charge on any atom is -0.329 e. The van der Waals surface area contributed by atoms with Gasteiger partial charge in [0, 0.05) is 12.6 Å². The summed E-state index contributed by atoms with van der Waals surface area (Å²) in [6.45, 7) is 3.49. The summed E-state index contributed by atoms with van der Waals surface area (Å²) in [5.41, 5.74) is 5.82. The van der Waals surface area contributed by atoms with Gasteiger partial charge in [0.1, 0.15) is 0 Å². The summed E-state index contributed by atoms with van der Waals surface area (Å²) in [7, 11) is 0. The Morgan fingerprint density at radius 3 is 2.15 bits per heavy atom. The zero-order valence-electron chi connectivity index (χ0n) is 8.24. The molecule has 2 rings (SSSR count). The van der Waals surface area contributed by atoms with E-state index in [-0.39, 0.29) is 12.4 Å². The number of halogens is 1. The van der Waals surface area contributed by atoms with E-state index in [4.69, 9.17) is 5.73 Å². The highest BCUT2D eigenvalue weighted by Crippen LogP contribution is 2.32. The molecule has 0 bridgehead atoms. The van der Waals surface area contributed by atoms with Crippen LogP contribution in [0.1, 0.15) is 32.1 Å². The Bertz CT molecular complexity index is 142. The quantitative estimate of drug-likeness (QED) is 0.758. The van der Waals surface area contributed by atoms with Crippen LogP contribution in [-0.4, -0.2) is 30.6 Å². The molecular weight excluding hydrogens is 184 g/mol. The van der Waals surface area contributed by atoms with E-state index in [0.717, 1.165) is 18.5 Å². The predicted octanol–water partition coefficient (Wildman–Crippen LogP) is 1.63. The maximum absolute atomic E-state index is 5.82. The van der Waals surface area contributed by atoms with Crippen molar-refractivity contribution < 1.29 is 0 Å². The number of hydrogen-bond donors (Lipinski definition) is 1. The monoisotopic (exact) mass is 204 g/mol. The third-order valence-electron chi connectivity index (χ3n) is 3.55. The molecule has 2 fully saturated rings. The van der Waals surface area contributed by atoms with Crippen molar-refractivity contribution in [3.05, 3.63) is 0 Å². The molecular formula is C10H21ClN2. The van der Waals surface area contributed by atoms with Crippen molar-refractivity contribution >= 4 is 12.4 Å². The average Bonchev–Trinajstić information content (AvgIpc) is 2.47. The molecule has 0 radical (unpaired) electrons. The first-order chi connectivity index (χ1) is 5.92. The SMILES string of the molecule is Cl.NCC(C1CCC1)N1CCCC1. The minimum absolute atomic E-state index is 0. The lowest BCUT2D eigenvalue weighted by Crippen LogP contribution is -2.46. The first-order valence-electron chi connectivity index (χ1n) is 5.36. The Morgan fingerprint density at radius 2 is 1.77 bits per heavy atom. The standard InChI is InChI=1S/C10H20N2.ClH/c11-8-10(9-4-3-5-9)12-6-1-2-7-12;/h9-10H,1-8,11H2;1H. The van der Waals surface area contributed by atoms with Crippen molar-refractivity contribution in [3.63, 3.8) is 0 Å². The topological polar surface area (TPSA) is 29.3 Å². The summed E-state index contributed by atoms with van der Waals surface area (Å²) < 4.78 is 0. The molecule has 1 saturated heterocycles. The Labute approximate surface area is 87.3 Å². The summed E-state index contributed by atoms with van der Waals surface area (Å²) in [6.07, 6.45) is 7.08. The second-order valence-corrected chi connectivity index (χ2v) is 4.24. The van der Waals surface area contributed by atoms with Gasteiger partial charge in [0.2, 0.25) is 0 Å². The van der Waals surface area contributed by atoms with E-state index in [2.05, 4.69) is 4.90 Å². The third-order valence-corrected chi connectivity index (χ3v) is 3.55. The largest absolute Gasteiger partial charge is 0.329 e. The van der Waals surface area contributed by atoms with Crippen molar-refractivity contribution in [2.75, 3.05) is 19.6 Å². The van der Waals surface area contributed by atoms with Gasteiger partial charge >= 0.3 is 0 Å². The lowest BCUT2D eigenvalue weighted by Gasteiger charge is -2.38. The van der Waals surface area contributed by atoms with E-state index in [1.165, 1.54) is 45.2 Å². The molecule has 2 N–H and O–H groups in total. The van der Waals surface area contributed by atoms with Crippen molar-refractivity contribution in [1.29, 1.82) is 0 Å². The van der Waals surface area contributed by atoms with Crippen LogP contribution < -0.4 is 5.73 Å². The van der Waals surface area contributed by atoms with E-state index in [1.54, 1.807) is 0 Å². The fourth-order valence-corrected chi connectivity index (χ4v) is 2.54. The Kier molecular flexibility index (Phi) is 4.50. The molecule has 0 aromatic carbocycles. The van der Waals surface area contributed by atoms with Crippen LogP contribution in [0.25, 0.3) is 0 Å². The molecule has 1 aliphatic carbocycles. The molecule has 0 aromatic rings. The normalized spacial score (nSPS) is 26.5. The highest BCUT2D eigenvalue weighted by molar-refractivity contribution is 5.85. The van der Waals surface area contributed by atoms with Crippen molar-refractivity contribution in [1.82, 2.24) is 4.90 Å². The van der Waals surface area contributed by atoms with E-state index < -0.39 is 0 Å². The molecule has 78 valence electrons. The van der Waals surface area contributed by atoms with Gasteiger partial charge in [0.25, 0.3) is 0 Å². The first kappa shape index (κ1) is 11.3. The molecule has 1 unspecified atom stereocenters. The van der Waals surface area contributed by atoms with Gasteiger partial charge in [0.05, 0.1) is 0 Å². The maximum Gasteiger partial charge on any atom is 0.0246 e. The van der Waals surface area contributed by atoms with Crippen LogP contribution in [0.15, 0.2) is 0 Å². The van der Waals surface area contributed by atoms with Gasteiger partial charge in [-0.15, -0.1) is 12.4 Å². The zero-order chi connectivity index (χ0) is 8.39. The maximum atomic E-state index is 5.82. The molecule has 1 atom stereocenters. The van der Waals surface area contributed by atoms with Crippen LogP contribution in [0.2, 0.25) is 0 Å². The van der Waals surface area contributed by atoms with Gasteiger partial charge in [-0.1, -0.05) is 6.42 Å². The Morgan fingerprint density at radius 1 is 1.15 bits per heavy atom. The lowest BCUT2D eigenvalue weighted by molar-refractivity contribution is 0.123. The molecule has 3 heteroatoms. The Balaban J connectivity index is 0.000000845. The van der Waals surface area contributed by atoms with Crippen LogP contribution in [0.4, 0.5) is 0 Å². The Hall–Kier alpha value is 0.210. The molecule has 1 heterocycles. The van der Waals surface area contributed by atoms with Crippen LogP contribution in [0.3, 0.4) is 0 Å². The van der Waals surface area contributed by atoms with Gasteiger partial charge in [-0.3, -0.25) is 4.90 Å². The van der Waals surface area contributed by atoms with Crippen LogP contribution in [-0.2, 0) is 0 Å². The summed E-state index contributed by atoms with van der Waals surface area (Å²) in [6, 6.07) is 0.723. The van der Waals surface area contributed by atoms with Crippen molar-refractivity contribution in [2.45, 2.75) is 38.1 Å². The lowest BCUT2D eigenvalue weighted by atomic mass is 9.79. The first-order valence-corrected chi connectivity index (χ1v) is 5.36. The average molecular weight is 205 g/mol. The van der Waals surface area contributed by atoms with Gasteiger partial charge < -0.3 is 5.73 Å². The van der Waals surface area contributed by atoms with Crippen LogP contribution in [0, 0.1) is 5.92 Å². The molecule has 0 amide bonds. The summed E-state index contributed by atoms with van der Waals surface area (Å²) >= 11 is 0. The fourth-order valence-electron chi connectivity index (χ4n) is 2.54. The summed E-state index contributed by atoms with van der Waals surface area (Å²) in [5, 5.41) is 0. The highest BCUT2D eigenvalue weighted by atomic mass is 35.5. The van der Waals surface area contributed by atoms with Gasteiger partial charge in [-0.2, -0.15) is 0 Å². The predicted molar refractivity (Wildman–Crippen MR) is 58.2 cm³/mol.